The third kappa shape index (κ3) is 1.47. The highest BCUT2D eigenvalue weighted by Crippen LogP contribution is 2.22. The van der Waals surface area contributed by atoms with E-state index in [9.17, 15) is 4.39 Å². The first-order valence-corrected chi connectivity index (χ1v) is 4.17. The Labute approximate surface area is 76.2 Å². The molecule has 0 aliphatic rings. The molecule has 1 heterocycles. The number of aryl methyl sites for hydroxylation is 1. The molecule has 1 aromatic heterocycles. The van der Waals surface area contributed by atoms with Gasteiger partial charge in [0.25, 0.3) is 0 Å². The molecule has 0 unspecified atom stereocenters. The molecule has 66 valence electrons. The minimum Gasteiger partial charge on any atom is -0.367 e. The number of hydrogen-bond donors (Lipinski definition) is 1. The molecular weight excluding hydrogens is 165 g/mol. The van der Waals surface area contributed by atoms with Crippen LogP contribution in [0.5, 0.6) is 0 Å². The van der Waals surface area contributed by atoms with Crippen molar-refractivity contribution in [3.63, 3.8) is 0 Å². The first-order chi connectivity index (χ1) is 6.27. The Balaban J connectivity index is 2.47. The van der Waals surface area contributed by atoms with Gasteiger partial charge < -0.3 is 4.98 Å². The highest BCUT2D eigenvalue weighted by atomic mass is 19.1. The largest absolute Gasteiger partial charge is 0.367 e. The van der Waals surface area contributed by atoms with Gasteiger partial charge in [-0.1, -0.05) is 12.1 Å². The fourth-order valence-corrected chi connectivity index (χ4v) is 1.38. The molecule has 1 nitrogen and oxygen atoms in total. The molecule has 0 amide bonds. The van der Waals surface area contributed by atoms with Gasteiger partial charge in [0.1, 0.15) is 5.82 Å². The summed E-state index contributed by atoms with van der Waals surface area (Å²) < 4.78 is 12.6. The smallest absolute Gasteiger partial charge is 0.123 e. The number of aromatic nitrogens is 1. The van der Waals surface area contributed by atoms with Crippen LogP contribution in [0, 0.1) is 12.7 Å². The molecule has 2 aromatic rings. The monoisotopic (exact) mass is 175 g/mol. The first-order valence-electron chi connectivity index (χ1n) is 4.17. The Hall–Kier alpha value is -1.57. The number of benzene rings is 1. The van der Waals surface area contributed by atoms with Gasteiger partial charge in [-0.2, -0.15) is 0 Å². The van der Waals surface area contributed by atoms with Crippen LogP contribution in [-0.4, -0.2) is 4.98 Å². The van der Waals surface area contributed by atoms with E-state index in [2.05, 4.69) is 4.98 Å². The van der Waals surface area contributed by atoms with Crippen molar-refractivity contribution in [2.75, 3.05) is 0 Å². The Kier molecular flexibility index (Phi) is 1.89. The lowest BCUT2D eigenvalue weighted by Gasteiger charge is -1.98. The lowest BCUT2D eigenvalue weighted by atomic mass is 10.1. The second-order valence-electron chi connectivity index (χ2n) is 3.06. The van der Waals surface area contributed by atoms with Crippen molar-refractivity contribution in [2.45, 2.75) is 6.92 Å². The molecule has 2 heteroatoms. The summed E-state index contributed by atoms with van der Waals surface area (Å²) in [5, 5.41) is 0. The van der Waals surface area contributed by atoms with E-state index in [0.717, 1.165) is 11.1 Å². The summed E-state index contributed by atoms with van der Waals surface area (Å²) in [6, 6.07) is 6.51. The fraction of sp³-hybridized carbons (Fsp3) is 0.0909. The molecule has 0 saturated heterocycles. The molecule has 0 radical (unpaired) electrons. The van der Waals surface area contributed by atoms with Crippen molar-refractivity contribution in [3.8, 4) is 11.1 Å². The number of nitrogens with one attached hydrogen (secondary N) is 1. The lowest BCUT2D eigenvalue weighted by molar-refractivity contribution is 0.628. The van der Waals surface area contributed by atoms with Gasteiger partial charge in [-0.05, 0) is 30.2 Å². The molecule has 0 aliphatic carbocycles. The number of H-pyrrole nitrogens is 1. The minimum absolute atomic E-state index is 0.197. The van der Waals surface area contributed by atoms with Gasteiger partial charge in [0.15, 0.2) is 0 Å². The van der Waals surface area contributed by atoms with E-state index < -0.39 is 0 Å². The van der Waals surface area contributed by atoms with Crippen LogP contribution in [0.25, 0.3) is 11.1 Å². The Bertz CT molecular complexity index is 400. The third-order valence-electron chi connectivity index (χ3n) is 2.11. The summed E-state index contributed by atoms with van der Waals surface area (Å²) in [6.45, 7) is 2.02. The molecule has 0 atom stereocenters. The van der Waals surface area contributed by atoms with Crippen LogP contribution >= 0.6 is 0 Å². The second kappa shape index (κ2) is 3.05. The van der Waals surface area contributed by atoms with Crippen LogP contribution < -0.4 is 0 Å². The van der Waals surface area contributed by atoms with E-state index in [1.807, 2.05) is 19.3 Å². The first kappa shape index (κ1) is 8.05. The van der Waals surface area contributed by atoms with Gasteiger partial charge in [-0.3, -0.25) is 0 Å². The molecule has 13 heavy (non-hydrogen) atoms. The van der Waals surface area contributed by atoms with Crippen LogP contribution in [0.2, 0.25) is 0 Å². The second-order valence-corrected chi connectivity index (χ2v) is 3.06. The van der Waals surface area contributed by atoms with Gasteiger partial charge in [0.2, 0.25) is 0 Å². The molecule has 0 fully saturated rings. The van der Waals surface area contributed by atoms with Crippen molar-refractivity contribution in [3.05, 3.63) is 48.0 Å². The highest BCUT2D eigenvalue weighted by Gasteiger charge is 2.01. The predicted molar refractivity (Wildman–Crippen MR) is 50.9 cm³/mol. The molecule has 0 aliphatic heterocycles. The van der Waals surface area contributed by atoms with Gasteiger partial charge >= 0.3 is 0 Å². The average Bonchev–Trinajstić information content (AvgIpc) is 2.53. The van der Waals surface area contributed by atoms with E-state index in [0.29, 0.717) is 0 Å². The number of rotatable bonds is 1. The van der Waals surface area contributed by atoms with E-state index in [1.165, 1.54) is 17.7 Å². The number of halogens is 1. The maximum atomic E-state index is 12.6. The topological polar surface area (TPSA) is 15.8 Å². The molecule has 1 aromatic carbocycles. The van der Waals surface area contributed by atoms with E-state index in [4.69, 9.17) is 0 Å². The van der Waals surface area contributed by atoms with Crippen molar-refractivity contribution in [1.29, 1.82) is 0 Å². The van der Waals surface area contributed by atoms with Crippen molar-refractivity contribution >= 4 is 0 Å². The quantitative estimate of drug-likeness (QED) is 0.685. The van der Waals surface area contributed by atoms with Gasteiger partial charge in [-0.25, -0.2) is 4.39 Å². The highest BCUT2D eigenvalue weighted by molar-refractivity contribution is 5.66. The third-order valence-corrected chi connectivity index (χ3v) is 2.11. The Morgan fingerprint density at radius 1 is 1.08 bits per heavy atom. The van der Waals surface area contributed by atoms with Crippen molar-refractivity contribution in [2.24, 2.45) is 0 Å². The van der Waals surface area contributed by atoms with Crippen LogP contribution in [0.4, 0.5) is 4.39 Å². The Morgan fingerprint density at radius 2 is 1.77 bits per heavy atom. The Morgan fingerprint density at radius 3 is 2.31 bits per heavy atom. The van der Waals surface area contributed by atoms with Crippen molar-refractivity contribution < 1.29 is 4.39 Å². The lowest BCUT2D eigenvalue weighted by Crippen LogP contribution is -1.78. The van der Waals surface area contributed by atoms with Gasteiger partial charge in [0.05, 0.1) is 0 Å². The van der Waals surface area contributed by atoms with Crippen LogP contribution in [0.3, 0.4) is 0 Å². The summed E-state index contributed by atoms with van der Waals surface area (Å²) in [5.41, 5.74) is 3.34. The zero-order valence-corrected chi connectivity index (χ0v) is 7.34. The van der Waals surface area contributed by atoms with E-state index in [1.54, 1.807) is 12.1 Å². The summed E-state index contributed by atoms with van der Waals surface area (Å²) in [4.78, 5) is 3.02. The molecule has 0 spiro atoms. The van der Waals surface area contributed by atoms with E-state index >= 15 is 0 Å². The molecular formula is C11H10FN. The molecule has 0 bridgehead atoms. The van der Waals surface area contributed by atoms with Gasteiger partial charge in [0, 0.05) is 18.0 Å². The summed E-state index contributed by atoms with van der Waals surface area (Å²) in [6.07, 6.45) is 3.85. The maximum Gasteiger partial charge on any atom is 0.123 e. The maximum absolute atomic E-state index is 12.6. The van der Waals surface area contributed by atoms with E-state index in [-0.39, 0.29) is 5.82 Å². The van der Waals surface area contributed by atoms with Crippen LogP contribution in [0.1, 0.15) is 5.56 Å². The predicted octanol–water partition coefficient (Wildman–Crippen LogP) is 3.13. The standard InChI is InChI=1S/C11H10FN/c1-8-6-13-7-11(8)9-2-4-10(12)5-3-9/h2-7,13H,1H3. The zero-order valence-electron chi connectivity index (χ0n) is 7.34. The van der Waals surface area contributed by atoms with Crippen LogP contribution in [-0.2, 0) is 0 Å². The van der Waals surface area contributed by atoms with Crippen LogP contribution in [0.15, 0.2) is 36.7 Å². The van der Waals surface area contributed by atoms with Gasteiger partial charge in [-0.15, -0.1) is 0 Å². The molecule has 0 saturated carbocycles. The summed E-state index contributed by atoms with van der Waals surface area (Å²) >= 11 is 0. The average molecular weight is 175 g/mol. The minimum atomic E-state index is -0.197. The normalized spacial score (nSPS) is 10.3. The molecule has 1 N–H and O–H groups in total. The zero-order chi connectivity index (χ0) is 9.26. The number of hydrogen-bond acceptors (Lipinski definition) is 0. The molecule has 2 rings (SSSR count). The number of aromatic amines is 1. The SMILES string of the molecule is Cc1c[nH]cc1-c1ccc(F)cc1. The summed E-state index contributed by atoms with van der Waals surface area (Å²) in [7, 11) is 0. The summed E-state index contributed by atoms with van der Waals surface area (Å²) in [5.74, 6) is -0.197. The fourth-order valence-electron chi connectivity index (χ4n) is 1.38. The van der Waals surface area contributed by atoms with Crippen molar-refractivity contribution in [1.82, 2.24) is 4.98 Å².